The largest absolute Gasteiger partial charge is 0.368 e. The minimum atomic E-state index is -0.555. The summed E-state index contributed by atoms with van der Waals surface area (Å²) in [5, 5.41) is 3.00. The Morgan fingerprint density at radius 3 is 2.00 bits per heavy atom. The molecule has 0 saturated heterocycles. The van der Waals surface area contributed by atoms with Crippen molar-refractivity contribution in [3.05, 3.63) is 0 Å². The van der Waals surface area contributed by atoms with Gasteiger partial charge in [0.2, 0.25) is 11.8 Å². The van der Waals surface area contributed by atoms with Crippen LogP contribution in [-0.4, -0.2) is 42.9 Å². The average molecular weight is 257 g/mol. The number of nitrogens with two attached hydrogens (primary N) is 1. The van der Waals surface area contributed by atoms with E-state index in [1.807, 2.05) is 13.8 Å². The summed E-state index contributed by atoms with van der Waals surface area (Å²) in [5.41, 5.74) is 5.37. The Morgan fingerprint density at radius 1 is 1.22 bits per heavy atom. The lowest BCUT2D eigenvalue weighted by molar-refractivity contribution is -0.141. The smallest absolute Gasteiger partial charge is 0.240 e. The molecule has 0 fully saturated rings. The van der Waals surface area contributed by atoms with Crippen molar-refractivity contribution in [1.29, 1.82) is 0 Å². The van der Waals surface area contributed by atoms with Crippen LogP contribution in [0.4, 0.5) is 0 Å². The van der Waals surface area contributed by atoms with Gasteiger partial charge in [-0.15, -0.1) is 0 Å². The SMILES string of the molecule is CN[C@@H](CC(C)C)C(=O)N(C)[C@H](C(N)=O)C(C)C. The summed E-state index contributed by atoms with van der Waals surface area (Å²) in [6, 6.07) is -0.823. The fourth-order valence-electron chi connectivity index (χ4n) is 2.16. The van der Waals surface area contributed by atoms with Crippen LogP contribution in [0.2, 0.25) is 0 Å². The molecular weight excluding hydrogens is 230 g/mol. The normalized spacial score (nSPS) is 14.7. The molecule has 0 radical (unpaired) electrons. The fraction of sp³-hybridized carbons (Fsp3) is 0.846. The van der Waals surface area contributed by atoms with Crippen molar-refractivity contribution < 1.29 is 9.59 Å². The molecule has 3 N–H and O–H groups in total. The molecule has 18 heavy (non-hydrogen) atoms. The van der Waals surface area contributed by atoms with Gasteiger partial charge in [-0.25, -0.2) is 0 Å². The zero-order chi connectivity index (χ0) is 14.5. The van der Waals surface area contributed by atoms with Gasteiger partial charge < -0.3 is 16.0 Å². The highest BCUT2D eigenvalue weighted by Crippen LogP contribution is 2.13. The Morgan fingerprint density at radius 2 is 1.72 bits per heavy atom. The maximum Gasteiger partial charge on any atom is 0.240 e. The second kappa shape index (κ2) is 7.36. The zero-order valence-corrected chi connectivity index (χ0v) is 12.4. The topological polar surface area (TPSA) is 75.4 Å². The van der Waals surface area contributed by atoms with Crippen molar-refractivity contribution in [3.63, 3.8) is 0 Å². The quantitative estimate of drug-likeness (QED) is 0.701. The van der Waals surface area contributed by atoms with Crippen molar-refractivity contribution in [1.82, 2.24) is 10.2 Å². The molecule has 0 aromatic heterocycles. The van der Waals surface area contributed by atoms with Crippen LogP contribution in [0.25, 0.3) is 0 Å². The number of nitrogens with zero attached hydrogens (tertiary/aromatic N) is 1. The lowest BCUT2D eigenvalue weighted by atomic mass is 9.99. The predicted octanol–water partition coefficient (Wildman–Crippen LogP) is 0.589. The van der Waals surface area contributed by atoms with E-state index in [4.69, 9.17) is 5.73 Å². The van der Waals surface area contributed by atoms with Gasteiger partial charge in [0.25, 0.3) is 0 Å². The maximum absolute atomic E-state index is 12.3. The molecule has 0 heterocycles. The summed E-state index contributed by atoms with van der Waals surface area (Å²) in [6.07, 6.45) is 0.739. The summed E-state index contributed by atoms with van der Waals surface area (Å²) in [5.74, 6) is -0.122. The molecule has 106 valence electrons. The molecular formula is C13H27N3O2. The van der Waals surface area contributed by atoms with Gasteiger partial charge >= 0.3 is 0 Å². The number of primary amides is 1. The number of hydrogen-bond acceptors (Lipinski definition) is 3. The van der Waals surface area contributed by atoms with Crippen LogP contribution in [0.1, 0.15) is 34.1 Å². The van der Waals surface area contributed by atoms with Crippen LogP contribution in [0.3, 0.4) is 0 Å². The monoisotopic (exact) mass is 257 g/mol. The highest BCUT2D eigenvalue weighted by molar-refractivity contribution is 5.89. The molecule has 5 heteroatoms. The van der Waals surface area contributed by atoms with Crippen LogP contribution >= 0.6 is 0 Å². The standard InChI is InChI=1S/C13H27N3O2/c1-8(2)7-10(15-5)13(18)16(6)11(9(3)4)12(14)17/h8-11,15H,7H2,1-6H3,(H2,14,17)/t10-,11-/m0/s1. The molecule has 0 spiro atoms. The van der Waals surface area contributed by atoms with Crippen LogP contribution in [0, 0.1) is 11.8 Å². The Balaban J connectivity index is 4.87. The summed E-state index contributed by atoms with van der Waals surface area (Å²) in [6.45, 7) is 7.89. The van der Waals surface area contributed by atoms with Crippen LogP contribution in [0.5, 0.6) is 0 Å². The molecule has 0 aliphatic heterocycles. The highest BCUT2D eigenvalue weighted by atomic mass is 16.2. The zero-order valence-electron chi connectivity index (χ0n) is 12.4. The number of likely N-dealkylation sites (N-methyl/N-ethyl adjacent to an activating group) is 2. The first-order valence-corrected chi connectivity index (χ1v) is 6.45. The summed E-state index contributed by atoms with van der Waals surface area (Å²) >= 11 is 0. The van der Waals surface area contributed by atoms with E-state index in [1.54, 1.807) is 14.1 Å². The van der Waals surface area contributed by atoms with Crippen LogP contribution in [-0.2, 0) is 9.59 Å². The highest BCUT2D eigenvalue weighted by Gasteiger charge is 2.31. The summed E-state index contributed by atoms with van der Waals surface area (Å²) in [7, 11) is 3.40. The van der Waals surface area contributed by atoms with Gasteiger partial charge in [0.1, 0.15) is 6.04 Å². The van der Waals surface area contributed by atoms with Crippen molar-refractivity contribution in [2.45, 2.75) is 46.2 Å². The molecule has 0 bridgehead atoms. The second-order valence-electron chi connectivity index (χ2n) is 5.51. The Kier molecular flexibility index (Phi) is 6.91. The predicted molar refractivity (Wildman–Crippen MR) is 72.9 cm³/mol. The third-order valence-corrected chi connectivity index (χ3v) is 3.04. The number of amides is 2. The van der Waals surface area contributed by atoms with Gasteiger partial charge in [0.15, 0.2) is 0 Å². The summed E-state index contributed by atoms with van der Waals surface area (Å²) in [4.78, 5) is 25.2. The molecule has 5 nitrogen and oxygen atoms in total. The van der Waals surface area contributed by atoms with Crippen molar-refractivity contribution in [2.24, 2.45) is 17.6 Å². The van der Waals surface area contributed by atoms with Crippen molar-refractivity contribution in [3.8, 4) is 0 Å². The summed E-state index contributed by atoms with van der Waals surface area (Å²) < 4.78 is 0. The number of rotatable bonds is 7. The second-order valence-corrected chi connectivity index (χ2v) is 5.51. The Bertz CT molecular complexity index is 290. The number of hydrogen-bond donors (Lipinski definition) is 2. The lowest BCUT2D eigenvalue weighted by Crippen LogP contribution is -2.54. The Labute approximate surface area is 110 Å². The van der Waals surface area contributed by atoms with Crippen LogP contribution in [0.15, 0.2) is 0 Å². The first kappa shape index (κ1) is 16.9. The molecule has 0 aliphatic rings. The van der Waals surface area contributed by atoms with Gasteiger partial charge in [-0.1, -0.05) is 27.7 Å². The molecule has 0 unspecified atom stereocenters. The van der Waals surface area contributed by atoms with E-state index >= 15 is 0 Å². The molecule has 0 aromatic rings. The third-order valence-electron chi connectivity index (χ3n) is 3.04. The van der Waals surface area contributed by atoms with Gasteiger partial charge in [-0.3, -0.25) is 9.59 Å². The minimum absolute atomic E-state index is 0.00741. The molecule has 0 rings (SSSR count). The van der Waals surface area contributed by atoms with Gasteiger partial charge in [-0.05, 0) is 25.3 Å². The molecule has 0 saturated carbocycles. The minimum Gasteiger partial charge on any atom is -0.368 e. The fourth-order valence-corrected chi connectivity index (χ4v) is 2.16. The number of carbonyl (C=O) groups is 2. The van der Waals surface area contributed by atoms with E-state index in [9.17, 15) is 9.59 Å². The van der Waals surface area contributed by atoms with Crippen molar-refractivity contribution in [2.75, 3.05) is 14.1 Å². The van der Waals surface area contributed by atoms with E-state index in [-0.39, 0.29) is 17.9 Å². The Hall–Kier alpha value is -1.10. The van der Waals surface area contributed by atoms with Gasteiger partial charge in [0, 0.05) is 7.05 Å². The maximum atomic E-state index is 12.3. The molecule has 0 aromatic carbocycles. The van der Waals surface area contributed by atoms with Gasteiger partial charge in [-0.2, -0.15) is 0 Å². The number of nitrogens with one attached hydrogen (secondary N) is 1. The van der Waals surface area contributed by atoms with Crippen LogP contribution < -0.4 is 11.1 Å². The van der Waals surface area contributed by atoms with E-state index in [0.717, 1.165) is 6.42 Å². The third kappa shape index (κ3) is 4.64. The van der Waals surface area contributed by atoms with E-state index in [2.05, 4.69) is 19.2 Å². The molecule has 2 amide bonds. The van der Waals surface area contributed by atoms with E-state index in [0.29, 0.717) is 5.92 Å². The van der Waals surface area contributed by atoms with Crippen molar-refractivity contribution >= 4 is 11.8 Å². The number of carbonyl (C=O) groups excluding carboxylic acids is 2. The lowest BCUT2D eigenvalue weighted by Gasteiger charge is -2.32. The van der Waals surface area contributed by atoms with Gasteiger partial charge in [0.05, 0.1) is 6.04 Å². The first-order valence-electron chi connectivity index (χ1n) is 6.45. The first-order chi connectivity index (χ1) is 8.22. The van der Waals surface area contributed by atoms with E-state index in [1.165, 1.54) is 4.90 Å². The average Bonchev–Trinajstić information content (AvgIpc) is 2.23. The van der Waals surface area contributed by atoms with E-state index < -0.39 is 11.9 Å². The molecule has 0 aliphatic carbocycles. The molecule has 2 atom stereocenters.